The van der Waals surface area contributed by atoms with E-state index in [-0.39, 0.29) is 11.1 Å². The number of hydrogen-bond donors (Lipinski definition) is 0. The maximum atomic E-state index is 11.9. The highest BCUT2D eigenvalue weighted by Gasteiger charge is 2.20. The minimum atomic E-state index is -0.0840. The number of aromatic nitrogens is 2. The van der Waals surface area contributed by atoms with Crippen LogP contribution in [-0.4, -0.2) is 9.55 Å². The second-order valence-corrected chi connectivity index (χ2v) is 5.69. The molecule has 0 unspecified atom stereocenters. The second kappa shape index (κ2) is 4.04. The van der Waals surface area contributed by atoms with Crippen molar-refractivity contribution in [3.63, 3.8) is 0 Å². The average Bonchev–Trinajstić information content (AvgIpc) is 2.69. The molecule has 1 aromatic rings. The van der Waals surface area contributed by atoms with Gasteiger partial charge >= 0.3 is 5.69 Å². The van der Waals surface area contributed by atoms with Crippen LogP contribution in [0, 0.1) is 0 Å². The lowest BCUT2D eigenvalue weighted by Gasteiger charge is -2.19. The molecule has 3 heteroatoms. The third-order valence-corrected chi connectivity index (χ3v) is 3.32. The van der Waals surface area contributed by atoms with Gasteiger partial charge in [-0.15, -0.1) is 0 Å². The Labute approximate surface area is 96.5 Å². The molecule has 0 N–H and O–H groups in total. The van der Waals surface area contributed by atoms with Crippen LogP contribution in [0.15, 0.2) is 17.1 Å². The molecule has 16 heavy (non-hydrogen) atoms. The minimum absolute atomic E-state index is 0.0477. The van der Waals surface area contributed by atoms with Crippen LogP contribution in [0.1, 0.15) is 58.2 Å². The van der Waals surface area contributed by atoms with Gasteiger partial charge in [-0.3, -0.25) is 4.57 Å². The van der Waals surface area contributed by atoms with E-state index in [0.29, 0.717) is 6.04 Å². The fourth-order valence-corrected chi connectivity index (χ4v) is 2.29. The van der Waals surface area contributed by atoms with Crippen molar-refractivity contribution in [3.8, 4) is 0 Å². The van der Waals surface area contributed by atoms with Gasteiger partial charge in [0.2, 0.25) is 0 Å². The van der Waals surface area contributed by atoms with Gasteiger partial charge in [-0.05, 0) is 18.9 Å². The molecule has 0 aliphatic heterocycles. The summed E-state index contributed by atoms with van der Waals surface area (Å²) in [6.07, 6.45) is 6.63. The molecule has 0 spiro atoms. The van der Waals surface area contributed by atoms with Crippen LogP contribution >= 0.6 is 0 Å². The Balaban J connectivity index is 2.33. The predicted octanol–water partition coefficient (Wildman–Crippen LogP) is 2.66. The van der Waals surface area contributed by atoms with Crippen molar-refractivity contribution < 1.29 is 0 Å². The molecule has 1 aliphatic rings. The first-order valence-electron chi connectivity index (χ1n) is 6.08. The molecule has 3 nitrogen and oxygen atoms in total. The van der Waals surface area contributed by atoms with Crippen LogP contribution in [0.5, 0.6) is 0 Å². The summed E-state index contributed by atoms with van der Waals surface area (Å²) >= 11 is 0. The number of hydrogen-bond acceptors (Lipinski definition) is 2. The lowest BCUT2D eigenvalue weighted by molar-refractivity contribution is 0.478. The molecule has 1 fully saturated rings. The maximum Gasteiger partial charge on any atom is 0.348 e. The van der Waals surface area contributed by atoms with Gasteiger partial charge in [0.1, 0.15) is 0 Å². The van der Waals surface area contributed by atoms with Crippen molar-refractivity contribution in [1.82, 2.24) is 9.55 Å². The number of rotatable bonds is 1. The summed E-state index contributed by atoms with van der Waals surface area (Å²) in [7, 11) is 0. The van der Waals surface area contributed by atoms with Gasteiger partial charge in [0.15, 0.2) is 0 Å². The standard InChI is InChI=1S/C13H20N2O/c1-13(2,3)11-8-9-15(12(16)14-11)10-6-4-5-7-10/h8-10H,4-7H2,1-3H3. The van der Waals surface area contributed by atoms with Crippen molar-refractivity contribution >= 4 is 0 Å². The molecular formula is C13H20N2O. The monoisotopic (exact) mass is 220 g/mol. The van der Waals surface area contributed by atoms with Gasteiger partial charge in [0.25, 0.3) is 0 Å². The highest BCUT2D eigenvalue weighted by Crippen LogP contribution is 2.28. The van der Waals surface area contributed by atoms with Crippen molar-refractivity contribution in [2.75, 3.05) is 0 Å². The first-order chi connectivity index (χ1) is 7.48. The summed E-state index contributed by atoms with van der Waals surface area (Å²) in [6, 6.07) is 2.37. The highest BCUT2D eigenvalue weighted by molar-refractivity contribution is 5.10. The fraction of sp³-hybridized carbons (Fsp3) is 0.692. The average molecular weight is 220 g/mol. The van der Waals surface area contributed by atoms with Gasteiger partial charge in [0, 0.05) is 17.7 Å². The Morgan fingerprint density at radius 1 is 1.31 bits per heavy atom. The Morgan fingerprint density at radius 3 is 2.44 bits per heavy atom. The molecule has 1 heterocycles. The quantitative estimate of drug-likeness (QED) is 0.729. The third-order valence-electron chi connectivity index (χ3n) is 3.32. The zero-order valence-corrected chi connectivity index (χ0v) is 10.4. The van der Waals surface area contributed by atoms with Crippen molar-refractivity contribution in [1.29, 1.82) is 0 Å². The van der Waals surface area contributed by atoms with Gasteiger partial charge in [-0.25, -0.2) is 4.79 Å². The molecule has 0 atom stereocenters. The van der Waals surface area contributed by atoms with Gasteiger partial charge in [-0.2, -0.15) is 4.98 Å². The van der Waals surface area contributed by atoms with Gasteiger partial charge in [-0.1, -0.05) is 33.6 Å². The molecule has 0 bridgehead atoms. The summed E-state index contributed by atoms with van der Waals surface area (Å²) in [5, 5.41) is 0. The lowest BCUT2D eigenvalue weighted by atomic mass is 9.92. The van der Waals surface area contributed by atoms with E-state index >= 15 is 0 Å². The van der Waals surface area contributed by atoms with Crippen molar-refractivity contribution in [2.24, 2.45) is 0 Å². The highest BCUT2D eigenvalue weighted by atomic mass is 16.1. The van der Waals surface area contributed by atoms with E-state index in [2.05, 4.69) is 25.8 Å². The van der Waals surface area contributed by atoms with Crippen LogP contribution in [0.25, 0.3) is 0 Å². The first kappa shape index (κ1) is 11.4. The van der Waals surface area contributed by atoms with Crippen LogP contribution in [0.4, 0.5) is 0 Å². The van der Waals surface area contributed by atoms with Crippen LogP contribution in [-0.2, 0) is 5.41 Å². The van der Waals surface area contributed by atoms with E-state index in [1.54, 1.807) is 0 Å². The molecule has 0 aromatic carbocycles. The van der Waals surface area contributed by atoms with Crippen LogP contribution in [0.2, 0.25) is 0 Å². The normalized spacial score (nSPS) is 17.9. The van der Waals surface area contributed by atoms with Crippen LogP contribution < -0.4 is 5.69 Å². The Kier molecular flexibility index (Phi) is 2.87. The molecular weight excluding hydrogens is 200 g/mol. The summed E-state index contributed by atoms with van der Waals surface area (Å²) in [5.74, 6) is 0. The Morgan fingerprint density at radius 2 is 1.94 bits per heavy atom. The lowest BCUT2D eigenvalue weighted by Crippen LogP contribution is -2.29. The summed E-state index contributed by atoms with van der Waals surface area (Å²) in [5.41, 5.74) is 0.750. The fourth-order valence-electron chi connectivity index (χ4n) is 2.29. The summed E-state index contributed by atoms with van der Waals surface area (Å²) < 4.78 is 1.81. The van der Waals surface area contributed by atoms with E-state index in [9.17, 15) is 4.79 Å². The molecule has 2 rings (SSSR count). The minimum Gasteiger partial charge on any atom is -0.296 e. The molecule has 1 aliphatic carbocycles. The van der Waals surface area contributed by atoms with Gasteiger partial charge in [0.05, 0.1) is 5.69 Å². The van der Waals surface area contributed by atoms with Crippen molar-refractivity contribution in [3.05, 3.63) is 28.4 Å². The van der Waals surface area contributed by atoms with Gasteiger partial charge < -0.3 is 0 Å². The SMILES string of the molecule is CC(C)(C)c1ccn(C2CCCC2)c(=O)n1. The van der Waals surface area contributed by atoms with E-state index in [1.807, 2.05) is 16.8 Å². The Bertz CT molecular complexity index is 422. The second-order valence-electron chi connectivity index (χ2n) is 5.69. The molecule has 1 saturated carbocycles. The molecule has 0 saturated heterocycles. The first-order valence-corrected chi connectivity index (χ1v) is 6.08. The van der Waals surface area contributed by atoms with Crippen molar-refractivity contribution in [2.45, 2.75) is 57.9 Å². The Hall–Kier alpha value is -1.12. The summed E-state index contributed by atoms with van der Waals surface area (Å²) in [4.78, 5) is 16.1. The predicted molar refractivity (Wildman–Crippen MR) is 64.7 cm³/mol. The largest absolute Gasteiger partial charge is 0.348 e. The smallest absolute Gasteiger partial charge is 0.296 e. The third kappa shape index (κ3) is 2.18. The van der Waals surface area contributed by atoms with Crippen LogP contribution in [0.3, 0.4) is 0 Å². The molecule has 88 valence electrons. The molecule has 0 amide bonds. The topological polar surface area (TPSA) is 34.9 Å². The zero-order chi connectivity index (χ0) is 11.8. The van der Waals surface area contributed by atoms with E-state index in [4.69, 9.17) is 0 Å². The van der Waals surface area contributed by atoms with E-state index in [1.165, 1.54) is 12.8 Å². The summed E-state index contributed by atoms with van der Waals surface area (Å²) in [6.45, 7) is 6.23. The number of nitrogens with zero attached hydrogens (tertiary/aromatic N) is 2. The van der Waals surface area contributed by atoms with E-state index in [0.717, 1.165) is 18.5 Å². The maximum absolute atomic E-state index is 11.9. The van der Waals surface area contributed by atoms with E-state index < -0.39 is 0 Å². The molecule has 0 radical (unpaired) electrons. The molecule has 1 aromatic heterocycles. The zero-order valence-electron chi connectivity index (χ0n) is 10.4.